The summed E-state index contributed by atoms with van der Waals surface area (Å²) in [5.41, 5.74) is 3.49. The van der Waals surface area contributed by atoms with Crippen molar-refractivity contribution in [2.75, 3.05) is 0 Å². The van der Waals surface area contributed by atoms with E-state index in [0.29, 0.717) is 12.1 Å². The van der Waals surface area contributed by atoms with Gasteiger partial charge in [-0.05, 0) is 19.9 Å². The zero-order valence-electron chi connectivity index (χ0n) is 9.57. The molecule has 0 saturated carbocycles. The molecule has 86 valence electrons. The minimum Gasteiger partial charge on any atom is -0.346 e. The van der Waals surface area contributed by atoms with Gasteiger partial charge in [-0.1, -0.05) is 0 Å². The van der Waals surface area contributed by atoms with Crippen molar-refractivity contribution < 1.29 is 4.79 Å². The lowest BCUT2D eigenvalue weighted by atomic mass is 10.1. The van der Waals surface area contributed by atoms with Crippen LogP contribution in [-0.2, 0) is 6.54 Å². The maximum atomic E-state index is 11.6. The second-order valence-corrected chi connectivity index (χ2v) is 5.25. The summed E-state index contributed by atoms with van der Waals surface area (Å²) in [6.45, 7) is 4.50. The topological polar surface area (TPSA) is 54.9 Å². The molecule has 1 N–H and O–H groups in total. The molecule has 3 rings (SSSR count). The monoisotopic (exact) mass is 245 g/mol. The highest BCUT2D eigenvalue weighted by Crippen LogP contribution is 2.30. The maximum absolute atomic E-state index is 11.6. The van der Waals surface area contributed by atoms with Crippen LogP contribution in [0, 0.1) is 13.8 Å². The lowest BCUT2D eigenvalue weighted by Gasteiger charge is -2.00. The molecule has 0 spiro atoms. The Bertz CT molecular complexity index is 618. The van der Waals surface area contributed by atoms with Gasteiger partial charge < -0.3 is 5.32 Å². The molecule has 0 saturated heterocycles. The Hall–Kier alpha value is -1.75. The van der Waals surface area contributed by atoms with Gasteiger partial charge in [0.05, 0.1) is 33.4 Å². The molecule has 0 atom stereocenters. The predicted octanol–water partition coefficient (Wildman–Crippen LogP) is 2.07. The number of nitrogens with zero attached hydrogens (tertiary/aromatic N) is 2. The number of carbonyl (C=O) groups excluding carboxylic acids is 1. The third-order valence-electron chi connectivity index (χ3n) is 2.80. The zero-order valence-corrected chi connectivity index (χ0v) is 10.4. The molecule has 2 aromatic heterocycles. The highest BCUT2D eigenvalue weighted by Gasteiger charge is 2.21. The van der Waals surface area contributed by atoms with Crippen LogP contribution in [0.4, 0.5) is 0 Å². The Kier molecular flexibility index (Phi) is 2.22. The lowest BCUT2D eigenvalue weighted by molar-refractivity contribution is 0.0966. The summed E-state index contributed by atoms with van der Waals surface area (Å²) in [6, 6.07) is 1.91. The Labute approximate surface area is 103 Å². The largest absolute Gasteiger partial charge is 0.346 e. The van der Waals surface area contributed by atoms with E-state index in [1.165, 1.54) is 0 Å². The number of pyridine rings is 1. The number of thiazole rings is 1. The summed E-state index contributed by atoms with van der Waals surface area (Å²) < 4.78 is 0. The van der Waals surface area contributed by atoms with Crippen LogP contribution < -0.4 is 5.32 Å². The predicted molar refractivity (Wildman–Crippen MR) is 66.0 cm³/mol. The van der Waals surface area contributed by atoms with E-state index in [2.05, 4.69) is 15.3 Å². The maximum Gasteiger partial charge on any atom is 0.253 e. The third-order valence-corrected chi connectivity index (χ3v) is 3.92. The Morgan fingerprint density at radius 1 is 1.41 bits per heavy atom. The Balaban J connectivity index is 2.14. The summed E-state index contributed by atoms with van der Waals surface area (Å²) in [6.07, 6.45) is 1.82. The van der Waals surface area contributed by atoms with Gasteiger partial charge in [0.1, 0.15) is 0 Å². The number of hydrogen-bond donors (Lipinski definition) is 1. The van der Waals surface area contributed by atoms with E-state index < -0.39 is 0 Å². The van der Waals surface area contributed by atoms with E-state index in [0.717, 1.165) is 26.8 Å². The van der Waals surface area contributed by atoms with Crippen LogP contribution in [0.5, 0.6) is 0 Å². The smallest absolute Gasteiger partial charge is 0.253 e. The van der Waals surface area contributed by atoms with Crippen molar-refractivity contribution in [3.05, 3.63) is 34.2 Å². The number of amides is 1. The molecule has 0 radical (unpaired) electrons. The molecule has 4 nitrogen and oxygen atoms in total. The highest BCUT2D eigenvalue weighted by molar-refractivity contribution is 7.15. The standard InChI is InChI=1S/C12H11N3OS/c1-6-11(17-7(2)15-6)8-3-9-10(13-4-8)5-14-12(9)16/h3-4H,5H2,1-2H3,(H,14,16). The van der Waals surface area contributed by atoms with Crippen molar-refractivity contribution in [1.82, 2.24) is 15.3 Å². The summed E-state index contributed by atoms with van der Waals surface area (Å²) in [4.78, 5) is 21.4. The van der Waals surface area contributed by atoms with E-state index in [-0.39, 0.29) is 5.91 Å². The summed E-state index contributed by atoms with van der Waals surface area (Å²) in [5, 5.41) is 3.80. The molecule has 17 heavy (non-hydrogen) atoms. The van der Waals surface area contributed by atoms with Gasteiger partial charge in [0.25, 0.3) is 5.91 Å². The molecule has 0 aromatic carbocycles. The highest BCUT2D eigenvalue weighted by atomic mass is 32.1. The van der Waals surface area contributed by atoms with Crippen molar-refractivity contribution >= 4 is 17.2 Å². The molecule has 2 aromatic rings. The van der Waals surface area contributed by atoms with Crippen molar-refractivity contribution in [3.63, 3.8) is 0 Å². The Morgan fingerprint density at radius 2 is 2.24 bits per heavy atom. The molecule has 0 aliphatic carbocycles. The van der Waals surface area contributed by atoms with Crippen LogP contribution in [-0.4, -0.2) is 15.9 Å². The molecule has 1 aliphatic rings. The first-order valence-corrected chi connectivity index (χ1v) is 6.18. The average molecular weight is 245 g/mol. The fourth-order valence-electron chi connectivity index (χ4n) is 2.01. The average Bonchev–Trinajstić information content (AvgIpc) is 2.83. The fourth-order valence-corrected chi connectivity index (χ4v) is 2.91. The molecular weight excluding hydrogens is 234 g/mol. The molecule has 1 amide bonds. The first-order chi connectivity index (χ1) is 8.15. The van der Waals surface area contributed by atoms with Crippen LogP contribution in [0.25, 0.3) is 10.4 Å². The number of carbonyl (C=O) groups is 1. The van der Waals surface area contributed by atoms with Gasteiger partial charge in [-0.15, -0.1) is 11.3 Å². The van der Waals surface area contributed by atoms with Gasteiger partial charge in [0.15, 0.2) is 0 Å². The van der Waals surface area contributed by atoms with Gasteiger partial charge in [-0.2, -0.15) is 0 Å². The molecular formula is C12H11N3OS. The van der Waals surface area contributed by atoms with Crippen molar-refractivity contribution in [2.45, 2.75) is 20.4 Å². The lowest BCUT2D eigenvalue weighted by Crippen LogP contribution is -2.12. The SMILES string of the molecule is Cc1nc(C)c(-c2cnc3c(c2)C(=O)NC3)s1. The molecule has 0 unspecified atom stereocenters. The zero-order chi connectivity index (χ0) is 12.0. The number of aromatic nitrogens is 2. The summed E-state index contributed by atoms with van der Waals surface area (Å²) in [7, 11) is 0. The summed E-state index contributed by atoms with van der Waals surface area (Å²) >= 11 is 1.63. The van der Waals surface area contributed by atoms with E-state index in [1.54, 1.807) is 11.3 Å². The van der Waals surface area contributed by atoms with Gasteiger partial charge in [-0.3, -0.25) is 9.78 Å². The second kappa shape index (κ2) is 3.63. The normalized spacial score (nSPS) is 13.6. The van der Waals surface area contributed by atoms with Gasteiger partial charge in [0, 0.05) is 11.8 Å². The first kappa shape index (κ1) is 10.4. The van der Waals surface area contributed by atoms with E-state index >= 15 is 0 Å². The van der Waals surface area contributed by atoms with Gasteiger partial charge >= 0.3 is 0 Å². The Morgan fingerprint density at radius 3 is 2.94 bits per heavy atom. The van der Waals surface area contributed by atoms with Gasteiger partial charge in [-0.25, -0.2) is 4.98 Å². The molecule has 0 bridgehead atoms. The van der Waals surface area contributed by atoms with Crippen molar-refractivity contribution in [3.8, 4) is 10.4 Å². The molecule has 0 fully saturated rings. The quantitative estimate of drug-likeness (QED) is 0.836. The number of nitrogens with one attached hydrogen (secondary N) is 1. The van der Waals surface area contributed by atoms with Crippen molar-refractivity contribution in [1.29, 1.82) is 0 Å². The minimum atomic E-state index is -0.0340. The number of aryl methyl sites for hydroxylation is 2. The van der Waals surface area contributed by atoms with Crippen LogP contribution in [0.1, 0.15) is 26.8 Å². The molecule has 3 heterocycles. The fraction of sp³-hybridized carbons (Fsp3) is 0.250. The van der Waals surface area contributed by atoms with Crippen LogP contribution in [0.15, 0.2) is 12.3 Å². The van der Waals surface area contributed by atoms with Crippen LogP contribution >= 0.6 is 11.3 Å². The first-order valence-electron chi connectivity index (χ1n) is 5.36. The van der Waals surface area contributed by atoms with E-state index in [1.807, 2.05) is 26.1 Å². The second-order valence-electron chi connectivity index (χ2n) is 4.05. The number of rotatable bonds is 1. The van der Waals surface area contributed by atoms with Crippen LogP contribution in [0.3, 0.4) is 0 Å². The molecule has 5 heteroatoms. The number of fused-ring (bicyclic) bond motifs is 1. The van der Waals surface area contributed by atoms with E-state index in [4.69, 9.17) is 0 Å². The van der Waals surface area contributed by atoms with Crippen LogP contribution in [0.2, 0.25) is 0 Å². The summed E-state index contributed by atoms with van der Waals surface area (Å²) in [5.74, 6) is -0.0340. The van der Waals surface area contributed by atoms with Gasteiger partial charge in [0.2, 0.25) is 0 Å². The third kappa shape index (κ3) is 1.63. The number of hydrogen-bond acceptors (Lipinski definition) is 4. The van der Waals surface area contributed by atoms with Crippen molar-refractivity contribution in [2.24, 2.45) is 0 Å². The minimum absolute atomic E-state index is 0.0340. The van der Waals surface area contributed by atoms with E-state index in [9.17, 15) is 4.79 Å². The molecule has 1 aliphatic heterocycles.